The molecule has 1 unspecified atom stereocenters. The number of hydrogen-bond acceptors (Lipinski definition) is 4. The number of rotatable bonds is 6. The molecule has 3 saturated heterocycles. The van der Waals surface area contributed by atoms with Crippen molar-refractivity contribution in [2.75, 3.05) is 45.8 Å². The van der Waals surface area contributed by atoms with Gasteiger partial charge in [0.1, 0.15) is 0 Å². The van der Waals surface area contributed by atoms with Gasteiger partial charge in [-0.1, -0.05) is 53.0 Å². The molecule has 15 heteroatoms. The summed E-state index contributed by atoms with van der Waals surface area (Å²) in [6.45, 7) is 4.37. The lowest BCUT2D eigenvalue weighted by atomic mass is 9.90. The van der Waals surface area contributed by atoms with Crippen molar-refractivity contribution in [2.45, 2.75) is 56.2 Å². The van der Waals surface area contributed by atoms with E-state index in [1.165, 1.54) is 4.90 Å². The topological polar surface area (TPSA) is 47.1 Å². The van der Waals surface area contributed by atoms with Gasteiger partial charge in [0.2, 0.25) is 0 Å². The molecule has 274 valence electrons. The summed E-state index contributed by atoms with van der Waals surface area (Å²) in [5.41, 5.74) is -2.52. The number of carbonyl (C=O) groups excluding carboxylic acids is 2. The van der Waals surface area contributed by atoms with Gasteiger partial charge in [-0.05, 0) is 73.7 Å². The molecule has 6 rings (SSSR count). The third-order valence-electron chi connectivity index (χ3n) is 10.2. The number of alkyl halides is 6. The number of halogens is 9. The van der Waals surface area contributed by atoms with Crippen LogP contribution in [0.3, 0.4) is 0 Å². The highest BCUT2D eigenvalue weighted by atomic mass is 35.5. The van der Waals surface area contributed by atoms with Gasteiger partial charge in [0.05, 0.1) is 31.8 Å². The van der Waals surface area contributed by atoms with Gasteiger partial charge in [-0.3, -0.25) is 19.4 Å². The van der Waals surface area contributed by atoms with E-state index < -0.39 is 41.0 Å². The summed E-state index contributed by atoms with van der Waals surface area (Å²) in [5, 5.41) is 1.04. The minimum atomic E-state index is -5.08. The molecular formula is C36H35Cl3F6N4O2. The minimum absolute atomic E-state index is 0.0235. The van der Waals surface area contributed by atoms with E-state index in [4.69, 9.17) is 34.8 Å². The van der Waals surface area contributed by atoms with Crippen LogP contribution in [0.5, 0.6) is 0 Å². The predicted octanol–water partition coefficient (Wildman–Crippen LogP) is 8.43. The van der Waals surface area contributed by atoms with Crippen LogP contribution in [-0.4, -0.2) is 95.4 Å². The number of piperazine rings is 1. The van der Waals surface area contributed by atoms with Gasteiger partial charge < -0.3 is 9.80 Å². The molecular weight excluding hydrogens is 741 g/mol. The van der Waals surface area contributed by atoms with Crippen LogP contribution >= 0.6 is 34.8 Å². The molecule has 3 aromatic carbocycles. The van der Waals surface area contributed by atoms with Crippen molar-refractivity contribution in [3.63, 3.8) is 0 Å². The molecule has 3 aromatic rings. The number of hydrogen-bond donors (Lipinski definition) is 0. The van der Waals surface area contributed by atoms with E-state index in [1.54, 1.807) is 42.5 Å². The Hall–Kier alpha value is -3.03. The van der Waals surface area contributed by atoms with Gasteiger partial charge in [0.25, 0.3) is 11.8 Å². The van der Waals surface area contributed by atoms with E-state index in [9.17, 15) is 35.9 Å². The monoisotopic (exact) mass is 774 g/mol. The molecule has 6 nitrogen and oxygen atoms in total. The Morgan fingerprint density at radius 2 is 1.27 bits per heavy atom. The first-order valence-corrected chi connectivity index (χ1v) is 17.8. The first-order chi connectivity index (χ1) is 24.1. The maximum Gasteiger partial charge on any atom is 0.416 e. The van der Waals surface area contributed by atoms with Gasteiger partial charge in [-0.25, -0.2) is 0 Å². The molecule has 3 heterocycles. The molecule has 0 bridgehead atoms. The lowest BCUT2D eigenvalue weighted by molar-refractivity contribution is -0.143. The van der Waals surface area contributed by atoms with Crippen molar-refractivity contribution in [1.82, 2.24) is 19.6 Å². The molecule has 0 saturated carbocycles. The summed E-state index contributed by atoms with van der Waals surface area (Å²) >= 11 is 18.6. The van der Waals surface area contributed by atoms with E-state index >= 15 is 0 Å². The maximum atomic E-state index is 13.8. The van der Waals surface area contributed by atoms with Gasteiger partial charge >= 0.3 is 12.4 Å². The highest BCUT2D eigenvalue weighted by molar-refractivity contribution is 6.42. The minimum Gasteiger partial charge on any atom is -0.337 e. The van der Waals surface area contributed by atoms with Crippen LogP contribution in [0.4, 0.5) is 26.3 Å². The molecule has 0 spiro atoms. The zero-order chi connectivity index (χ0) is 36.7. The third kappa shape index (κ3) is 8.62. The highest BCUT2D eigenvalue weighted by Crippen LogP contribution is 2.38. The molecule has 0 aromatic heterocycles. The second-order valence-corrected chi connectivity index (χ2v) is 14.5. The fourth-order valence-electron chi connectivity index (χ4n) is 7.50. The zero-order valence-corrected chi connectivity index (χ0v) is 29.6. The van der Waals surface area contributed by atoms with Crippen LogP contribution in [0, 0.1) is 0 Å². The smallest absolute Gasteiger partial charge is 0.337 e. The molecule has 3 fully saturated rings. The van der Waals surface area contributed by atoms with E-state index in [-0.39, 0.29) is 37.0 Å². The highest BCUT2D eigenvalue weighted by Gasteiger charge is 2.41. The molecule has 0 N–H and O–H groups in total. The molecule has 3 atom stereocenters. The maximum absolute atomic E-state index is 13.8. The normalized spacial score (nSPS) is 22.4. The van der Waals surface area contributed by atoms with E-state index in [1.807, 2.05) is 4.90 Å². The Bertz CT molecular complexity index is 1730. The quantitative estimate of drug-likeness (QED) is 0.236. The van der Waals surface area contributed by atoms with Crippen LogP contribution in [-0.2, 0) is 18.8 Å². The van der Waals surface area contributed by atoms with Gasteiger partial charge in [0, 0.05) is 69.5 Å². The zero-order valence-electron chi connectivity index (χ0n) is 27.3. The third-order valence-corrected chi connectivity index (χ3v) is 11.2. The number of nitrogens with zero attached hydrogens (tertiary/aromatic N) is 4. The lowest BCUT2D eigenvalue weighted by Crippen LogP contribution is -2.58. The Morgan fingerprint density at radius 1 is 0.667 bits per heavy atom. The van der Waals surface area contributed by atoms with Crippen molar-refractivity contribution in [3.05, 3.63) is 104 Å². The molecule has 3 aliphatic rings. The average Bonchev–Trinajstić information content (AvgIpc) is 3.59. The summed E-state index contributed by atoms with van der Waals surface area (Å²) < 4.78 is 81.9. The molecule has 2 amide bonds. The van der Waals surface area contributed by atoms with Crippen molar-refractivity contribution in [2.24, 2.45) is 0 Å². The van der Waals surface area contributed by atoms with Crippen LogP contribution in [0.2, 0.25) is 15.1 Å². The summed E-state index contributed by atoms with van der Waals surface area (Å²) in [6.07, 6.45) is -8.08. The molecule has 0 radical (unpaired) electrons. The average molecular weight is 776 g/mol. The predicted molar refractivity (Wildman–Crippen MR) is 183 cm³/mol. The largest absolute Gasteiger partial charge is 0.416 e. The number of amides is 2. The fraction of sp³-hybridized carbons (Fsp3) is 0.444. The summed E-state index contributed by atoms with van der Waals surface area (Å²) in [7, 11) is 0. The Balaban J connectivity index is 1.15. The SMILES string of the molecule is O=C(c1ccccc1Cl)N1CCC(N2CCN([C@@H]3CCN(C(=O)c4cc(C(F)(F)F)cc(C(F)(F)F)c4)[C@@H](Cc4ccc(Cl)c(Cl)c4)C3)CC2)C1. The van der Waals surface area contributed by atoms with Crippen molar-refractivity contribution in [1.29, 1.82) is 0 Å². The number of likely N-dealkylation sites (tertiary alicyclic amines) is 2. The van der Waals surface area contributed by atoms with Crippen LogP contribution in [0.25, 0.3) is 0 Å². The van der Waals surface area contributed by atoms with Crippen molar-refractivity contribution < 1.29 is 35.9 Å². The summed E-state index contributed by atoms with van der Waals surface area (Å²) in [5.74, 6) is -0.979. The summed E-state index contributed by atoms with van der Waals surface area (Å²) in [6, 6.07) is 12.7. The van der Waals surface area contributed by atoms with Gasteiger partial charge in [0.15, 0.2) is 0 Å². The Labute approximate surface area is 306 Å². The molecule has 51 heavy (non-hydrogen) atoms. The van der Waals surface area contributed by atoms with E-state index in [0.717, 1.165) is 38.2 Å². The number of carbonyl (C=O) groups is 2. The van der Waals surface area contributed by atoms with Gasteiger partial charge in [-0.2, -0.15) is 26.3 Å². The van der Waals surface area contributed by atoms with Crippen molar-refractivity contribution >= 4 is 46.6 Å². The molecule has 3 aliphatic heterocycles. The van der Waals surface area contributed by atoms with Crippen LogP contribution in [0.15, 0.2) is 60.7 Å². The fourth-order valence-corrected chi connectivity index (χ4v) is 8.04. The number of benzene rings is 3. The standard InChI is InChI=1S/C36H35Cl3F6N4O2/c37-30-4-2-1-3-29(30)34(51)48-9-7-27(21-48)47-13-11-46(12-14-47)26-8-10-49(28(20-26)15-22-5-6-31(38)32(39)16-22)33(50)23-17-24(35(40,41)42)19-25(18-23)36(43,44)45/h1-6,16-19,26-28H,7-15,20-21H2/t26-,27?,28+/m1/s1. The van der Waals surface area contributed by atoms with Gasteiger partial charge in [-0.15, -0.1) is 0 Å². The van der Waals surface area contributed by atoms with E-state index in [2.05, 4.69) is 9.80 Å². The first-order valence-electron chi connectivity index (χ1n) is 16.6. The first kappa shape index (κ1) is 37.7. The Kier molecular flexibility index (Phi) is 11.2. The van der Waals surface area contributed by atoms with E-state index in [0.29, 0.717) is 58.7 Å². The van der Waals surface area contributed by atoms with Crippen molar-refractivity contribution in [3.8, 4) is 0 Å². The Morgan fingerprint density at radius 3 is 1.88 bits per heavy atom. The summed E-state index contributed by atoms with van der Waals surface area (Å²) in [4.78, 5) is 34.9. The second kappa shape index (κ2) is 15.1. The lowest BCUT2D eigenvalue weighted by Gasteiger charge is -2.47. The molecule has 0 aliphatic carbocycles. The van der Waals surface area contributed by atoms with Crippen LogP contribution in [0.1, 0.15) is 56.7 Å². The number of piperidine rings is 1. The van der Waals surface area contributed by atoms with Crippen LogP contribution < -0.4 is 0 Å². The second-order valence-electron chi connectivity index (χ2n) is 13.3.